The van der Waals surface area contributed by atoms with Crippen LogP contribution in [0, 0.1) is 0 Å². The first kappa shape index (κ1) is 19.6. The zero-order valence-corrected chi connectivity index (χ0v) is 16.1. The van der Waals surface area contributed by atoms with E-state index in [0.717, 1.165) is 16.8 Å². The number of amides is 1. The number of rotatable bonds is 8. The lowest BCUT2D eigenvalue weighted by Crippen LogP contribution is -2.14. The van der Waals surface area contributed by atoms with Crippen LogP contribution in [0.4, 0.5) is 5.69 Å². The number of anilines is 1. The van der Waals surface area contributed by atoms with E-state index in [4.69, 9.17) is 14.2 Å². The molecule has 0 bridgehead atoms. The van der Waals surface area contributed by atoms with Crippen molar-refractivity contribution in [3.63, 3.8) is 0 Å². The lowest BCUT2D eigenvalue weighted by atomic mass is 10.0. The molecule has 0 heterocycles. The summed E-state index contributed by atoms with van der Waals surface area (Å²) in [5.74, 6) is 2.06. The maximum Gasteiger partial charge on any atom is 0.224 e. The van der Waals surface area contributed by atoms with Crippen LogP contribution in [0.2, 0.25) is 0 Å². The van der Waals surface area contributed by atoms with Gasteiger partial charge in [-0.25, -0.2) is 0 Å². The molecule has 0 aliphatic rings. The maximum atomic E-state index is 12.4. The second-order valence-electron chi connectivity index (χ2n) is 6.32. The number of carbonyl (C=O) groups excluding carboxylic acids is 1. The van der Waals surface area contributed by atoms with Gasteiger partial charge in [0, 0.05) is 12.1 Å². The summed E-state index contributed by atoms with van der Waals surface area (Å²) >= 11 is 0. The molecule has 0 aromatic heterocycles. The molecule has 0 spiro atoms. The molecule has 0 aliphatic carbocycles. The molecule has 0 radical (unpaired) electrons. The summed E-state index contributed by atoms with van der Waals surface area (Å²) in [7, 11) is 4.73. The highest BCUT2D eigenvalue weighted by Crippen LogP contribution is 2.38. The van der Waals surface area contributed by atoms with E-state index in [0.29, 0.717) is 36.0 Å². The Hall–Kier alpha value is -2.69. The molecule has 26 heavy (non-hydrogen) atoms. The van der Waals surface area contributed by atoms with Crippen molar-refractivity contribution in [1.82, 2.24) is 0 Å². The number of aryl methyl sites for hydroxylation is 1. The van der Waals surface area contributed by atoms with E-state index in [2.05, 4.69) is 19.2 Å². The molecule has 0 saturated heterocycles. The summed E-state index contributed by atoms with van der Waals surface area (Å²) in [5.41, 5.74) is 2.96. The van der Waals surface area contributed by atoms with Crippen LogP contribution >= 0.6 is 0 Å². The van der Waals surface area contributed by atoms with Gasteiger partial charge in [-0.05, 0) is 41.7 Å². The van der Waals surface area contributed by atoms with Crippen molar-refractivity contribution in [1.29, 1.82) is 0 Å². The number of methoxy groups -OCH3 is 3. The summed E-state index contributed by atoms with van der Waals surface area (Å²) in [6.07, 6.45) is 0.942. The summed E-state index contributed by atoms with van der Waals surface area (Å²) in [6, 6.07) is 11.6. The van der Waals surface area contributed by atoms with Crippen LogP contribution in [0.25, 0.3) is 0 Å². The van der Waals surface area contributed by atoms with Crippen LogP contribution in [-0.2, 0) is 11.2 Å². The molecule has 2 rings (SSSR count). The Balaban J connectivity index is 2.08. The molecule has 5 nitrogen and oxygen atoms in total. The second-order valence-corrected chi connectivity index (χ2v) is 6.32. The van der Waals surface area contributed by atoms with Crippen molar-refractivity contribution >= 4 is 11.6 Å². The average molecular weight is 357 g/mol. The predicted octanol–water partition coefficient (Wildman–Crippen LogP) is 4.41. The molecular weight excluding hydrogens is 330 g/mol. The third-order valence-corrected chi connectivity index (χ3v) is 4.22. The number of para-hydroxylation sites is 1. The minimum absolute atomic E-state index is 0.0214. The summed E-state index contributed by atoms with van der Waals surface area (Å²) < 4.78 is 16.0. The fraction of sp³-hybridized carbons (Fsp3) is 0.381. The van der Waals surface area contributed by atoms with Gasteiger partial charge >= 0.3 is 0 Å². The molecule has 2 aromatic rings. The fourth-order valence-corrected chi connectivity index (χ4v) is 2.86. The zero-order chi connectivity index (χ0) is 19.1. The number of ether oxygens (including phenoxy) is 3. The fourth-order valence-electron chi connectivity index (χ4n) is 2.86. The highest BCUT2D eigenvalue weighted by Gasteiger charge is 2.14. The highest BCUT2D eigenvalue weighted by molar-refractivity contribution is 5.91. The first-order valence-corrected chi connectivity index (χ1v) is 8.67. The van der Waals surface area contributed by atoms with Gasteiger partial charge < -0.3 is 19.5 Å². The van der Waals surface area contributed by atoms with Crippen molar-refractivity contribution in [3.05, 3.63) is 47.5 Å². The van der Waals surface area contributed by atoms with Crippen molar-refractivity contribution in [3.8, 4) is 17.2 Å². The Bertz CT molecular complexity index is 730. The third-order valence-electron chi connectivity index (χ3n) is 4.22. The SMILES string of the molecule is COc1cc(CCC(=O)Nc2ccccc2C(C)C)cc(OC)c1OC. The minimum Gasteiger partial charge on any atom is -0.493 e. The smallest absolute Gasteiger partial charge is 0.224 e. The quantitative estimate of drug-likeness (QED) is 0.760. The summed E-state index contributed by atoms with van der Waals surface area (Å²) in [6.45, 7) is 4.22. The van der Waals surface area contributed by atoms with Crippen LogP contribution in [0.15, 0.2) is 36.4 Å². The number of benzene rings is 2. The summed E-state index contributed by atoms with van der Waals surface area (Å²) in [4.78, 5) is 12.4. The monoisotopic (exact) mass is 357 g/mol. The molecule has 1 N–H and O–H groups in total. The molecule has 0 unspecified atom stereocenters. The van der Waals surface area contributed by atoms with E-state index in [-0.39, 0.29) is 5.91 Å². The highest BCUT2D eigenvalue weighted by atomic mass is 16.5. The largest absolute Gasteiger partial charge is 0.493 e. The lowest BCUT2D eigenvalue weighted by molar-refractivity contribution is -0.116. The molecule has 2 aromatic carbocycles. The number of hydrogen-bond acceptors (Lipinski definition) is 4. The topological polar surface area (TPSA) is 56.8 Å². The van der Waals surface area contributed by atoms with Gasteiger partial charge in [0.15, 0.2) is 11.5 Å². The first-order valence-electron chi connectivity index (χ1n) is 8.67. The number of carbonyl (C=O) groups is 1. The van der Waals surface area contributed by atoms with Gasteiger partial charge in [0.1, 0.15) is 0 Å². The Morgan fingerprint density at radius 1 is 1.00 bits per heavy atom. The third kappa shape index (κ3) is 4.69. The lowest BCUT2D eigenvalue weighted by Gasteiger charge is -2.15. The zero-order valence-electron chi connectivity index (χ0n) is 16.1. The number of nitrogens with one attached hydrogen (secondary N) is 1. The standard InChI is InChI=1S/C21H27NO4/c1-14(2)16-8-6-7-9-17(16)22-20(23)11-10-15-12-18(24-3)21(26-5)19(13-15)25-4/h6-9,12-14H,10-11H2,1-5H3,(H,22,23). The van der Waals surface area contributed by atoms with Gasteiger partial charge in [-0.1, -0.05) is 32.0 Å². The Morgan fingerprint density at radius 2 is 1.62 bits per heavy atom. The van der Waals surface area contributed by atoms with Crippen molar-refractivity contribution in [2.45, 2.75) is 32.6 Å². The Morgan fingerprint density at radius 3 is 2.15 bits per heavy atom. The van der Waals surface area contributed by atoms with E-state index in [9.17, 15) is 4.79 Å². The van der Waals surface area contributed by atoms with Gasteiger partial charge in [-0.15, -0.1) is 0 Å². The van der Waals surface area contributed by atoms with E-state index >= 15 is 0 Å². The maximum absolute atomic E-state index is 12.4. The van der Waals surface area contributed by atoms with Crippen molar-refractivity contribution < 1.29 is 19.0 Å². The molecular formula is C21H27NO4. The van der Waals surface area contributed by atoms with E-state index in [1.165, 1.54) is 0 Å². The second kappa shape index (κ2) is 9.13. The van der Waals surface area contributed by atoms with Gasteiger partial charge in [0.25, 0.3) is 0 Å². The van der Waals surface area contributed by atoms with Crippen LogP contribution in [-0.4, -0.2) is 27.2 Å². The van der Waals surface area contributed by atoms with Gasteiger partial charge in [0.05, 0.1) is 21.3 Å². The van der Waals surface area contributed by atoms with Crippen LogP contribution in [0.3, 0.4) is 0 Å². The van der Waals surface area contributed by atoms with Gasteiger partial charge in [0.2, 0.25) is 11.7 Å². The van der Waals surface area contributed by atoms with Gasteiger partial charge in [-0.2, -0.15) is 0 Å². The van der Waals surface area contributed by atoms with E-state index in [1.54, 1.807) is 21.3 Å². The molecule has 0 atom stereocenters. The molecule has 1 amide bonds. The minimum atomic E-state index is -0.0214. The van der Waals surface area contributed by atoms with Crippen molar-refractivity contribution in [2.75, 3.05) is 26.6 Å². The predicted molar refractivity (Wildman–Crippen MR) is 104 cm³/mol. The van der Waals surface area contributed by atoms with E-state index in [1.807, 2.05) is 36.4 Å². The van der Waals surface area contributed by atoms with Crippen LogP contribution in [0.5, 0.6) is 17.2 Å². The molecule has 5 heteroatoms. The Kier molecular flexibility index (Phi) is 6.89. The first-order chi connectivity index (χ1) is 12.5. The van der Waals surface area contributed by atoms with Crippen LogP contribution < -0.4 is 19.5 Å². The molecule has 140 valence electrons. The molecule has 0 aliphatic heterocycles. The normalized spacial score (nSPS) is 10.5. The van der Waals surface area contributed by atoms with E-state index < -0.39 is 0 Å². The Labute approximate surface area is 155 Å². The van der Waals surface area contributed by atoms with Crippen LogP contribution in [0.1, 0.15) is 37.3 Å². The summed E-state index contributed by atoms with van der Waals surface area (Å²) in [5, 5.41) is 3.02. The van der Waals surface area contributed by atoms with Gasteiger partial charge in [-0.3, -0.25) is 4.79 Å². The molecule has 0 saturated carbocycles. The molecule has 0 fully saturated rings. The number of hydrogen-bond donors (Lipinski definition) is 1. The average Bonchev–Trinajstić information content (AvgIpc) is 2.65. The van der Waals surface area contributed by atoms with Crippen molar-refractivity contribution in [2.24, 2.45) is 0 Å².